The lowest BCUT2D eigenvalue weighted by Gasteiger charge is -2.32. The predicted octanol–water partition coefficient (Wildman–Crippen LogP) is 3.81. The van der Waals surface area contributed by atoms with E-state index in [0.717, 1.165) is 42.9 Å². The molecule has 0 bridgehead atoms. The van der Waals surface area contributed by atoms with Crippen molar-refractivity contribution in [2.45, 2.75) is 18.9 Å². The van der Waals surface area contributed by atoms with Gasteiger partial charge in [-0.2, -0.15) is 0 Å². The first kappa shape index (κ1) is 16.3. The molecule has 2 amide bonds. The van der Waals surface area contributed by atoms with Crippen LogP contribution in [0.3, 0.4) is 0 Å². The van der Waals surface area contributed by atoms with Gasteiger partial charge in [-0.1, -0.05) is 30.3 Å². The van der Waals surface area contributed by atoms with Crippen LogP contribution >= 0.6 is 0 Å². The second-order valence-corrected chi connectivity index (χ2v) is 6.42. The predicted molar refractivity (Wildman–Crippen MR) is 101 cm³/mol. The number of likely N-dealkylation sites (tertiary alicyclic amines) is 1. The number of amides is 2. The molecule has 1 aromatic carbocycles. The van der Waals surface area contributed by atoms with Crippen molar-refractivity contribution in [3.63, 3.8) is 0 Å². The maximum Gasteiger partial charge on any atom is 0.321 e. The van der Waals surface area contributed by atoms with Crippen molar-refractivity contribution in [2.24, 2.45) is 0 Å². The van der Waals surface area contributed by atoms with E-state index in [1.54, 1.807) is 12.4 Å². The quantitative estimate of drug-likeness (QED) is 0.783. The van der Waals surface area contributed by atoms with Gasteiger partial charge in [-0.3, -0.25) is 4.98 Å². The Morgan fingerprint density at radius 2 is 1.85 bits per heavy atom. The van der Waals surface area contributed by atoms with Crippen LogP contribution in [0.2, 0.25) is 0 Å². The number of aromatic nitrogens is 3. The molecule has 1 N–H and O–H groups in total. The number of pyridine rings is 1. The third-order valence-electron chi connectivity index (χ3n) is 4.79. The van der Waals surface area contributed by atoms with Crippen LogP contribution in [0.1, 0.15) is 18.9 Å². The van der Waals surface area contributed by atoms with E-state index < -0.39 is 0 Å². The van der Waals surface area contributed by atoms with Crippen LogP contribution in [-0.2, 0) is 0 Å². The van der Waals surface area contributed by atoms with Gasteiger partial charge in [-0.05, 0) is 25.0 Å². The molecule has 132 valence electrons. The summed E-state index contributed by atoms with van der Waals surface area (Å²) in [5.74, 6) is 0. The van der Waals surface area contributed by atoms with E-state index in [9.17, 15) is 4.79 Å². The van der Waals surface area contributed by atoms with Gasteiger partial charge >= 0.3 is 6.03 Å². The van der Waals surface area contributed by atoms with Crippen LogP contribution in [0.5, 0.6) is 0 Å². The highest BCUT2D eigenvalue weighted by atomic mass is 16.2. The van der Waals surface area contributed by atoms with E-state index in [4.69, 9.17) is 0 Å². The van der Waals surface area contributed by atoms with Crippen molar-refractivity contribution in [3.8, 4) is 11.3 Å². The van der Waals surface area contributed by atoms with Crippen LogP contribution < -0.4 is 5.32 Å². The van der Waals surface area contributed by atoms with Crippen molar-refractivity contribution in [1.82, 2.24) is 19.4 Å². The van der Waals surface area contributed by atoms with Crippen molar-refractivity contribution in [3.05, 3.63) is 67.4 Å². The number of urea groups is 1. The Labute approximate surface area is 152 Å². The van der Waals surface area contributed by atoms with Gasteiger partial charge < -0.3 is 14.8 Å². The zero-order valence-corrected chi connectivity index (χ0v) is 14.5. The van der Waals surface area contributed by atoms with Gasteiger partial charge in [0.15, 0.2) is 0 Å². The second kappa shape index (κ2) is 7.39. The number of hydrogen-bond donors (Lipinski definition) is 1. The van der Waals surface area contributed by atoms with E-state index in [1.807, 2.05) is 59.9 Å². The number of anilines is 1. The Morgan fingerprint density at radius 1 is 1.04 bits per heavy atom. The molecule has 1 saturated heterocycles. The zero-order valence-electron chi connectivity index (χ0n) is 14.5. The van der Waals surface area contributed by atoms with Crippen LogP contribution in [0.4, 0.5) is 10.5 Å². The topological polar surface area (TPSA) is 63.1 Å². The molecule has 3 heterocycles. The van der Waals surface area contributed by atoms with Gasteiger partial charge in [0.05, 0.1) is 17.7 Å². The van der Waals surface area contributed by atoms with Crippen molar-refractivity contribution >= 4 is 11.7 Å². The minimum atomic E-state index is -0.0701. The van der Waals surface area contributed by atoms with Crippen molar-refractivity contribution in [2.75, 3.05) is 18.4 Å². The normalized spacial score (nSPS) is 15.0. The molecule has 1 fully saturated rings. The van der Waals surface area contributed by atoms with Crippen LogP contribution in [0, 0.1) is 0 Å². The van der Waals surface area contributed by atoms with Gasteiger partial charge in [0, 0.05) is 43.3 Å². The van der Waals surface area contributed by atoms with E-state index in [-0.39, 0.29) is 6.03 Å². The number of carbonyl (C=O) groups is 1. The molecule has 1 aliphatic heterocycles. The summed E-state index contributed by atoms with van der Waals surface area (Å²) in [6.45, 7) is 1.46. The lowest BCUT2D eigenvalue weighted by Crippen LogP contribution is -2.41. The number of hydrogen-bond acceptors (Lipinski definition) is 3. The molecule has 0 unspecified atom stereocenters. The molecular weight excluding hydrogens is 326 g/mol. The summed E-state index contributed by atoms with van der Waals surface area (Å²) in [6, 6.07) is 14.0. The molecule has 0 atom stereocenters. The minimum absolute atomic E-state index is 0.0701. The fourth-order valence-corrected chi connectivity index (χ4v) is 3.38. The molecular formula is C20H21N5O. The maximum atomic E-state index is 12.7. The average molecular weight is 347 g/mol. The molecule has 3 aromatic rings. The van der Waals surface area contributed by atoms with Gasteiger partial charge in [-0.25, -0.2) is 9.78 Å². The molecule has 1 aliphatic rings. The molecule has 4 rings (SSSR count). The molecule has 6 nitrogen and oxygen atoms in total. The Bertz CT molecular complexity index is 855. The maximum absolute atomic E-state index is 12.7. The fraction of sp³-hybridized carbons (Fsp3) is 0.250. The summed E-state index contributed by atoms with van der Waals surface area (Å²) >= 11 is 0. The Kier molecular flexibility index (Phi) is 4.64. The average Bonchev–Trinajstić information content (AvgIpc) is 3.24. The number of nitrogens with zero attached hydrogens (tertiary/aromatic N) is 4. The van der Waals surface area contributed by atoms with Crippen molar-refractivity contribution in [1.29, 1.82) is 0 Å². The highest BCUT2D eigenvalue weighted by Crippen LogP contribution is 2.26. The number of carbonyl (C=O) groups excluding carboxylic acids is 1. The number of benzene rings is 1. The zero-order chi connectivity index (χ0) is 17.8. The summed E-state index contributed by atoms with van der Waals surface area (Å²) in [4.78, 5) is 23.1. The molecule has 2 aromatic heterocycles. The summed E-state index contributed by atoms with van der Waals surface area (Å²) in [5, 5.41) is 3.03. The fourth-order valence-electron chi connectivity index (χ4n) is 3.38. The first-order chi connectivity index (χ1) is 12.8. The van der Waals surface area contributed by atoms with Crippen LogP contribution in [0.25, 0.3) is 11.3 Å². The smallest absolute Gasteiger partial charge is 0.321 e. The summed E-state index contributed by atoms with van der Waals surface area (Å²) in [6.07, 6.45) is 9.25. The largest absolute Gasteiger partial charge is 0.334 e. The Balaban J connectivity index is 1.43. The monoisotopic (exact) mass is 347 g/mol. The van der Waals surface area contributed by atoms with Crippen LogP contribution in [0.15, 0.2) is 67.4 Å². The summed E-state index contributed by atoms with van der Waals surface area (Å²) in [5.41, 5.74) is 2.51. The molecule has 0 spiro atoms. The molecule has 0 saturated carbocycles. The van der Waals surface area contributed by atoms with E-state index in [1.165, 1.54) is 0 Å². The number of rotatable bonds is 3. The van der Waals surface area contributed by atoms with E-state index >= 15 is 0 Å². The summed E-state index contributed by atoms with van der Waals surface area (Å²) < 4.78 is 2.13. The van der Waals surface area contributed by atoms with Gasteiger partial charge in [0.2, 0.25) is 0 Å². The molecule has 6 heteroatoms. The lowest BCUT2D eigenvalue weighted by atomic mass is 10.1. The number of nitrogens with one attached hydrogen (secondary N) is 1. The second-order valence-electron chi connectivity index (χ2n) is 6.42. The Morgan fingerprint density at radius 3 is 2.58 bits per heavy atom. The third-order valence-corrected chi connectivity index (χ3v) is 4.79. The van der Waals surface area contributed by atoms with Crippen LogP contribution in [-0.4, -0.2) is 38.6 Å². The molecule has 0 radical (unpaired) electrons. The summed E-state index contributed by atoms with van der Waals surface area (Å²) in [7, 11) is 0. The van der Waals surface area contributed by atoms with Gasteiger partial charge in [0.1, 0.15) is 0 Å². The number of piperidine rings is 1. The minimum Gasteiger partial charge on any atom is -0.334 e. The van der Waals surface area contributed by atoms with Crippen molar-refractivity contribution < 1.29 is 4.79 Å². The third kappa shape index (κ3) is 3.44. The van der Waals surface area contributed by atoms with E-state index in [2.05, 4.69) is 19.9 Å². The standard InChI is InChI=1S/C20H21N5O/c26-20(24-12-8-17(9-13-24)25-14-11-21-15-25)23-18-7-4-10-22-19(18)16-5-2-1-3-6-16/h1-7,10-11,14-15,17H,8-9,12-13H2,(H,23,26). The van der Waals surface area contributed by atoms with E-state index in [0.29, 0.717) is 6.04 Å². The highest BCUT2D eigenvalue weighted by molar-refractivity contribution is 5.93. The Hall–Kier alpha value is -3.15. The first-order valence-electron chi connectivity index (χ1n) is 8.85. The SMILES string of the molecule is O=C(Nc1cccnc1-c1ccccc1)N1CCC(n2ccnc2)CC1. The van der Waals surface area contributed by atoms with Gasteiger partial charge in [0.25, 0.3) is 0 Å². The van der Waals surface area contributed by atoms with Gasteiger partial charge in [-0.15, -0.1) is 0 Å². The molecule has 26 heavy (non-hydrogen) atoms. The number of imidazole rings is 1. The highest BCUT2D eigenvalue weighted by Gasteiger charge is 2.24. The first-order valence-corrected chi connectivity index (χ1v) is 8.85. The molecule has 0 aliphatic carbocycles. The lowest BCUT2D eigenvalue weighted by molar-refractivity contribution is 0.183.